The van der Waals surface area contributed by atoms with E-state index in [1.54, 1.807) is 0 Å². The molecule has 2 aromatic carbocycles. The number of fused-ring (bicyclic) bond motifs is 1. The molecule has 4 nitrogen and oxygen atoms in total. The molecule has 1 heterocycles. The zero-order valence-corrected chi connectivity index (χ0v) is 16.6. The van der Waals surface area contributed by atoms with Crippen LogP contribution in [0.1, 0.15) is 46.0 Å². The van der Waals surface area contributed by atoms with Crippen LogP contribution in [0.25, 0.3) is 10.8 Å². The van der Waals surface area contributed by atoms with E-state index in [0.717, 1.165) is 37.8 Å². The maximum atomic E-state index is 13.3. The van der Waals surface area contributed by atoms with Gasteiger partial charge in [0.15, 0.2) is 0 Å². The highest BCUT2D eigenvalue weighted by atomic mass is 16.3. The van der Waals surface area contributed by atoms with Crippen molar-refractivity contribution in [1.82, 2.24) is 5.01 Å². The highest BCUT2D eigenvalue weighted by molar-refractivity contribution is 6.03. The fraction of sp³-hybridized carbons (Fsp3) is 0.542. The molecular weight excluding hydrogens is 348 g/mol. The third-order valence-corrected chi connectivity index (χ3v) is 7.94. The van der Waals surface area contributed by atoms with Gasteiger partial charge in [0.2, 0.25) is 0 Å². The molecule has 28 heavy (non-hydrogen) atoms. The van der Waals surface area contributed by atoms with Gasteiger partial charge in [-0.25, -0.2) is 5.01 Å². The minimum absolute atomic E-state index is 0.227. The second-order valence-corrected chi connectivity index (χ2v) is 10.2. The third-order valence-electron chi connectivity index (χ3n) is 7.94. The van der Waals surface area contributed by atoms with E-state index in [2.05, 4.69) is 52.5 Å². The second-order valence-electron chi connectivity index (χ2n) is 10.2. The summed E-state index contributed by atoms with van der Waals surface area (Å²) in [5.74, 6) is 1.72. The quantitative estimate of drug-likeness (QED) is 0.857. The van der Waals surface area contributed by atoms with E-state index in [-0.39, 0.29) is 11.9 Å². The number of aliphatic hydroxyl groups is 1. The summed E-state index contributed by atoms with van der Waals surface area (Å²) in [5, 5.41) is 17.7. The number of carbonyl (C=O) groups excluding carboxylic acids is 1. The molecule has 0 aromatic heterocycles. The van der Waals surface area contributed by atoms with Gasteiger partial charge in [0, 0.05) is 5.39 Å². The first-order valence-electron chi connectivity index (χ1n) is 10.7. The van der Waals surface area contributed by atoms with Crippen LogP contribution in [-0.4, -0.2) is 33.2 Å². The summed E-state index contributed by atoms with van der Waals surface area (Å²) in [4.78, 5) is 13.3. The molecular formula is C24H28N2O2. The second kappa shape index (κ2) is 5.29. The highest BCUT2D eigenvalue weighted by Gasteiger charge is 2.63. The molecule has 1 saturated heterocycles. The zero-order chi connectivity index (χ0) is 19.3. The van der Waals surface area contributed by atoms with Crippen LogP contribution in [0.4, 0.5) is 5.69 Å². The average molecular weight is 377 g/mol. The number of rotatable bonds is 2. The Morgan fingerprint density at radius 2 is 1.64 bits per heavy atom. The van der Waals surface area contributed by atoms with Crippen LogP contribution in [0, 0.1) is 17.8 Å². The summed E-state index contributed by atoms with van der Waals surface area (Å²) < 4.78 is 0. The molecule has 7 rings (SSSR count). The van der Waals surface area contributed by atoms with Gasteiger partial charge in [-0.2, -0.15) is 0 Å². The Morgan fingerprint density at radius 3 is 2.36 bits per heavy atom. The molecule has 5 fully saturated rings. The first-order chi connectivity index (χ1) is 13.4. The van der Waals surface area contributed by atoms with Gasteiger partial charge in [0.25, 0.3) is 5.91 Å². The molecule has 0 radical (unpaired) electrons. The zero-order valence-electron chi connectivity index (χ0n) is 16.6. The molecule has 2 unspecified atom stereocenters. The van der Waals surface area contributed by atoms with Crippen molar-refractivity contribution in [1.29, 1.82) is 0 Å². The van der Waals surface area contributed by atoms with Crippen molar-refractivity contribution in [2.75, 3.05) is 5.01 Å². The van der Waals surface area contributed by atoms with Crippen LogP contribution in [0.2, 0.25) is 0 Å². The molecule has 1 N–H and O–H groups in total. The lowest BCUT2D eigenvalue weighted by molar-refractivity contribution is -0.190. The van der Waals surface area contributed by atoms with Gasteiger partial charge in [0.1, 0.15) is 5.54 Å². The van der Waals surface area contributed by atoms with Crippen LogP contribution in [0.5, 0.6) is 0 Å². The lowest BCUT2D eigenvalue weighted by Gasteiger charge is -2.67. The van der Waals surface area contributed by atoms with Crippen LogP contribution >= 0.6 is 0 Å². The number of hydrogen-bond donors (Lipinski definition) is 1. The van der Waals surface area contributed by atoms with E-state index in [1.807, 2.05) is 13.8 Å². The summed E-state index contributed by atoms with van der Waals surface area (Å²) in [7, 11) is 0. The number of anilines is 1. The fourth-order valence-corrected chi connectivity index (χ4v) is 7.12. The van der Waals surface area contributed by atoms with Crippen molar-refractivity contribution in [2.24, 2.45) is 17.8 Å². The number of hydrogen-bond acceptors (Lipinski definition) is 3. The van der Waals surface area contributed by atoms with Gasteiger partial charge < -0.3 is 5.11 Å². The number of amides is 1. The van der Waals surface area contributed by atoms with E-state index in [4.69, 9.17) is 0 Å². The number of benzene rings is 2. The number of carbonyl (C=O) groups is 1. The maximum Gasteiger partial charge on any atom is 0.268 e. The third kappa shape index (κ3) is 2.07. The molecule has 1 amide bonds. The minimum Gasteiger partial charge on any atom is -0.390 e. The Kier molecular flexibility index (Phi) is 3.18. The van der Waals surface area contributed by atoms with Gasteiger partial charge in [-0.15, -0.1) is 0 Å². The SMILES string of the molecule is CC1(C)C(=O)N([C@H]2C3CC4CC2C[C@@](O)(C4)C3)N1c1cccc2ccccc12. The van der Waals surface area contributed by atoms with Gasteiger partial charge in [-0.05, 0) is 75.2 Å². The number of hydrazine groups is 1. The van der Waals surface area contributed by atoms with Gasteiger partial charge in [0.05, 0.1) is 17.3 Å². The predicted octanol–water partition coefficient (Wildman–Crippen LogP) is 4.12. The van der Waals surface area contributed by atoms with E-state index in [9.17, 15) is 9.90 Å². The standard InChI is InChI=1S/C24H28N2O2/c1-23(2)22(27)25(21-17-10-15-11-18(21)14-24(28,12-15)13-17)26(23)20-9-5-7-16-6-3-4-8-19(16)20/h3-9,15,17-18,21,28H,10-14H2,1-2H3/t15?,17?,18?,21-,24+. The molecule has 4 heteroatoms. The molecule has 4 saturated carbocycles. The number of nitrogens with zero attached hydrogens (tertiary/aromatic N) is 2. The first kappa shape index (κ1) is 16.8. The van der Waals surface area contributed by atoms with Crippen molar-refractivity contribution in [3.05, 3.63) is 42.5 Å². The molecule has 4 aliphatic carbocycles. The highest BCUT2D eigenvalue weighted by Crippen LogP contribution is 2.59. The topological polar surface area (TPSA) is 43.8 Å². The monoisotopic (exact) mass is 376 g/mol. The molecule has 4 bridgehead atoms. The molecule has 146 valence electrons. The van der Waals surface area contributed by atoms with Crippen LogP contribution in [0.3, 0.4) is 0 Å². The van der Waals surface area contributed by atoms with Gasteiger partial charge >= 0.3 is 0 Å². The molecule has 1 aliphatic heterocycles. The Hall–Kier alpha value is -2.07. The average Bonchev–Trinajstić information content (AvgIpc) is 2.65. The smallest absolute Gasteiger partial charge is 0.268 e. The minimum atomic E-state index is -0.532. The van der Waals surface area contributed by atoms with Crippen LogP contribution in [0.15, 0.2) is 42.5 Å². The molecule has 2 aromatic rings. The lowest BCUT2D eigenvalue weighted by atomic mass is 9.52. The summed E-state index contributed by atoms with van der Waals surface area (Å²) >= 11 is 0. The Bertz CT molecular complexity index is 962. The van der Waals surface area contributed by atoms with Crippen molar-refractivity contribution < 1.29 is 9.90 Å². The van der Waals surface area contributed by atoms with Crippen molar-refractivity contribution in [2.45, 2.75) is 63.1 Å². The van der Waals surface area contributed by atoms with Gasteiger partial charge in [-0.3, -0.25) is 9.80 Å². The first-order valence-corrected chi connectivity index (χ1v) is 10.7. The Balaban J connectivity index is 1.44. The van der Waals surface area contributed by atoms with E-state index >= 15 is 0 Å². The van der Waals surface area contributed by atoms with Crippen molar-refractivity contribution in [3.63, 3.8) is 0 Å². The summed E-state index contributed by atoms with van der Waals surface area (Å²) in [5.41, 5.74) is 0.117. The van der Waals surface area contributed by atoms with E-state index < -0.39 is 11.1 Å². The van der Waals surface area contributed by atoms with Crippen LogP contribution < -0.4 is 5.01 Å². The molecule has 5 aliphatic rings. The van der Waals surface area contributed by atoms with Crippen LogP contribution in [-0.2, 0) is 4.79 Å². The predicted molar refractivity (Wildman–Crippen MR) is 110 cm³/mol. The van der Waals surface area contributed by atoms with E-state index in [0.29, 0.717) is 17.8 Å². The summed E-state index contributed by atoms with van der Waals surface area (Å²) in [6.07, 6.45) is 5.02. The van der Waals surface area contributed by atoms with Crippen molar-refractivity contribution in [3.8, 4) is 0 Å². The fourth-order valence-electron chi connectivity index (χ4n) is 7.12. The maximum absolute atomic E-state index is 13.3. The molecule has 2 atom stereocenters. The summed E-state index contributed by atoms with van der Waals surface area (Å²) in [6.45, 7) is 4.08. The lowest BCUT2D eigenvalue weighted by Crippen LogP contribution is -2.81. The van der Waals surface area contributed by atoms with E-state index in [1.165, 1.54) is 10.8 Å². The van der Waals surface area contributed by atoms with Crippen molar-refractivity contribution >= 4 is 22.4 Å². The Labute approximate surface area is 166 Å². The van der Waals surface area contributed by atoms with Gasteiger partial charge in [-0.1, -0.05) is 36.4 Å². The summed E-state index contributed by atoms with van der Waals surface area (Å²) in [6, 6.07) is 15.0. The molecule has 0 spiro atoms. The largest absolute Gasteiger partial charge is 0.390 e. The Morgan fingerprint density at radius 1 is 0.964 bits per heavy atom. The normalized spacial score (nSPS) is 38.2.